The monoisotopic (exact) mass is 272 g/mol. The Balaban J connectivity index is 1.86. The molecule has 1 aliphatic heterocycles. The zero-order valence-electron chi connectivity index (χ0n) is 9.71. The van der Waals surface area contributed by atoms with Crippen molar-refractivity contribution in [1.82, 2.24) is 5.32 Å². The Morgan fingerprint density at radius 1 is 1.39 bits per heavy atom. The Labute approximate surface area is 108 Å². The first-order chi connectivity index (χ1) is 8.66. The molecule has 0 aromatic heterocycles. The molecule has 1 heterocycles. The zero-order valence-corrected chi connectivity index (χ0v) is 10.5. The Hall–Kier alpha value is -1.14. The van der Waals surface area contributed by atoms with Gasteiger partial charge in [0.2, 0.25) is 5.91 Å². The van der Waals surface area contributed by atoms with Gasteiger partial charge in [-0.3, -0.25) is 4.79 Å². The van der Waals surface area contributed by atoms with Crippen LogP contribution >= 0.6 is 11.8 Å². The largest absolute Gasteiger partial charge is 0.320 e. The van der Waals surface area contributed by atoms with Crippen molar-refractivity contribution < 1.29 is 13.6 Å². The Kier molecular flexibility index (Phi) is 4.54. The Bertz CT molecular complexity index is 416. The minimum absolute atomic E-state index is 0.0685. The van der Waals surface area contributed by atoms with Gasteiger partial charge in [0, 0.05) is 11.8 Å². The molecular weight excluding hydrogens is 258 g/mol. The van der Waals surface area contributed by atoms with Crippen molar-refractivity contribution in [1.29, 1.82) is 0 Å². The molecule has 0 radical (unpaired) electrons. The summed E-state index contributed by atoms with van der Waals surface area (Å²) < 4.78 is 26.5. The predicted octanol–water partition coefficient (Wildman–Crippen LogP) is 2.00. The van der Waals surface area contributed by atoms with Gasteiger partial charge in [0.1, 0.15) is 17.3 Å². The van der Waals surface area contributed by atoms with Crippen molar-refractivity contribution in [2.24, 2.45) is 0 Å². The van der Waals surface area contributed by atoms with Crippen LogP contribution in [0.2, 0.25) is 0 Å². The number of halogens is 2. The lowest BCUT2D eigenvalue weighted by atomic mass is 10.2. The average molecular weight is 272 g/mol. The molecule has 1 aromatic rings. The molecule has 1 amide bonds. The number of rotatable bonds is 4. The van der Waals surface area contributed by atoms with E-state index in [1.807, 2.05) is 11.8 Å². The van der Waals surface area contributed by atoms with Crippen molar-refractivity contribution in [2.45, 2.75) is 12.5 Å². The second-order valence-electron chi connectivity index (χ2n) is 4.09. The number of benzene rings is 1. The van der Waals surface area contributed by atoms with Gasteiger partial charge in [0.15, 0.2) is 0 Å². The number of thioether (sulfide) groups is 1. The van der Waals surface area contributed by atoms with E-state index in [-0.39, 0.29) is 12.2 Å². The van der Waals surface area contributed by atoms with Crippen LogP contribution in [0.3, 0.4) is 0 Å². The standard InChI is InChI=1S/C12H14F2N2OS/c13-9-2-1-3-10(14)12(9)16-11(17)6-15-8-4-5-18-7-8/h1-3,8,15H,4-7H2,(H,16,17). The third-order valence-corrected chi connectivity index (χ3v) is 3.87. The summed E-state index contributed by atoms with van der Waals surface area (Å²) in [5.41, 5.74) is -0.384. The van der Waals surface area contributed by atoms with Crippen LogP contribution in [0.4, 0.5) is 14.5 Å². The lowest BCUT2D eigenvalue weighted by Gasteiger charge is -2.11. The molecule has 1 fully saturated rings. The number of anilines is 1. The molecule has 0 spiro atoms. The SMILES string of the molecule is O=C(CNC1CCSC1)Nc1c(F)cccc1F. The molecule has 6 heteroatoms. The number of hydrogen-bond donors (Lipinski definition) is 2. The molecule has 18 heavy (non-hydrogen) atoms. The topological polar surface area (TPSA) is 41.1 Å². The Morgan fingerprint density at radius 2 is 2.11 bits per heavy atom. The number of carbonyl (C=O) groups is 1. The highest BCUT2D eigenvalue weighted by molar-refractivity contribution is 7.99. The van der Waals surface area contributed by atoms with Crippen LogP contribution in [-0.4, -0.2) is 30.0 Å². The molecular formula is C12H14F2N2OS. The molecule has 1 unspecified atom stereocenters. The first-order valence-electron chi connectivity index (χ1n) is 5.72. The molecule has 0 bridgehead atoms. The second kappa shape index (κ2) is 6.15. The maximum atomic E-state index is 13.3. The average Bonchev–Trinajstić information content (AvgIpc) is 2.84. The fourth-order valence-corrected chi connectivity index (χ4v) is 2.92. The van der Waals surface area contributed by atoms with E-state index in [1.54, 1.807) is 0 Å². The maximum absolute atomic E-state index is 13.3. The van der Waals surface area contributed by atoms with E-state index in [4.69, 9.17) is 0 Å². The van der Waals surface area contributed by atoms with Gasteiger partial charge in [-0.25, -0.2) is 8.78 Å². The number of hydrogen-bond acceptors (Lipinski definition) is 3. The summed E-state index contributed by atoms with van der Waals surface area (Å²) in [4.78, 5) is 11.6. The molecule has 1 atom stereocenters. The summed E-state index contributed by atoms with van der Waals surface area (Å²) >= 11 is 1.83. The van der Waals surface area contributed by atoms with Gasteiger partial charge in [0.05, 0.1) is 6.54 Å². The normalized spacial score (nSPS) is 18.9. The van der Waals surface area contributed by atoms with Crippen molar-refractivity contribution in [2.75, 3.05) is 23.4 Å². The van der Waals surface area contributed by atoms with Crippen molar-refractivity contribution in [3.05, 3.63) is 29.8 Å². The summed E-state index contributed by atoms with van der Waals surface area (Å²) in [7, 11) is 0. The highest BCUT2D eigenvalue weighted by Gasteiger charge is 2.17. The molecule has 2 rings (SSSR count). The fraction of sp³-hybridized carbons (Fsp3) is 0.417. The van der Waals surface area contributed by atoms with Crippen LogP contribution in [0.5, 0.6) is 0 Å². The molecule has 0 saturated carbocycles. The minimum atomic E-state index is -0.764. The van der Waals surface area contributed by atoms with E-state index in [1.165, 1.54) is 6.07 Å². The highest BCUT2D eigenvalue weighted by Crippen LogP contribution is 2.18. The Morgan fingerprint density at radius 3 is 2.72 bits per heavy atom. The quantitative estimate of drug-likeness (QED) is 0.881. The lowest BCUT2D eigenvalue weighted by molar-refractivity contribution is -0.115. The first-order valence-corrected chi connectivity index (χ1v) is 6.87. The van der Waals surface area contributed by atoms with Crippen LogP contribution in [0.1, 0.15) is 6.42 Å². The molecule has 3 nitrogen and oxygen atoms in total. The van der Waals surface area contributed by atoms with E-state index < -0.39 is 17.5 Å². The number of nitrogens with one attached hydrogen (secondary N) is 2. The van der Waals surface area contributed by atoms with E-state index in [0.29, 0.717) is 6.04 Å². The van der Waals surface area contributed by atoms with Crippen molar-refractivity contribution in [3.8, 4) is 0 Å². The third-order valence-electron chi connectivity index (χ3n) is 2.71. The van der Waals surface area contributed by atoms with Gasteiger partial charge < -0.3 is 10.6 Å². The number of carbonyl (C=O) groups excluding carboxylic acids is 1. The summed E-state index contributed by atoms with van der Waals surface area (Å²) in [6.45, 7) is 0.0685. The van der Waals surface area contributed by atoms with Gasteiger partial charge >= 0.3 is 0 Å². The van der Waals surface area contributed by atoms with Gasteiger partial charge in [-0.1, -0.05) is 6.07 Å². The number of amides is 1. The smallest absolute Gasteiger partial charge is 0.238 e. The molecule has 2 N–H and O–H groups in total. The summed E-state index contributed by atoms with van der Waals surface area (Å²) in [6.07, 6.45) is 1.02. The zero-order chi connectivity index (χ0) is 13.0. The lowest BCUT2D eigenvalue weighted by Crippen LogP contribution is -2.36. The van der Waals surface area contributed by atoms with Crippen LogP contribution in [0, 0.1) is 11.6 Å². The van der Waals surface area contributed by atoms with Gasteiger partial charge in [-0.2, -0.15) is 11.8 Å². The number of para-hydroxylation sites is 1. The van der Waals surface area contributed by atoms with Gasteiger partial charge in [-0.15, -0.1) is 0 Å². The fourth-order valence-electron chi connectivity index (χ4n) is 1.73. The summed E-state index contributed by atoms with van der Waals surface area (Å²) in [5, 5.41) is 5.31. The maximum Gasteiger partial charge on any atom is 0.238 e. The molecule has 98 valence electrons. The van der Waals surface area contributed by atoms with E-state index in [2.05, 4.69) is 10.6 Å². The first kappa shape index (κ1) is 13.3. The summed E-state index contributed by atoms with van der Waals surface area (Å²) in [5.74, 6) is 0.0955. The van der Waals surface area contributed by atoms with Crippen molar-refractivity contribution in [3.63, 3.8) is 0 Å². The highest BCUT2D eigenvalue weighted by atomic mass is 32.2. The van der Waals surface area contributed by atoms with Gasteiger partial charge in [0.25, 0.3) is 0 Å². The van der Waals surface area contributed by atoms with E-state index in [0.717, 1.165) is 30.1 Å². The van der Waals surface area contributed by atoms with Crippen LogP contribution in [0.25, 0.3) is 0 Å². The molecule has 1 saturated heterocycles. The molecule has 1 aliphatic rings. The second-order valence-corrected chi connectivity index (χ2v) is 5.24. The third kappa shape index (κ3) is 3.43. The van der Waals surface area contributed by atoms with E-state index in [9.17, 15) is 13.6 Å². The van der Waals surface area contributed by atoms with E-state index >= 15 is 0 Å². The summed E-state index contributed by atoms with van der Waals surface area (Å²) in [6, 6.07) is 3.79. The minimum Gasteiger partial charge on any atom is -0.320 e. The van der Waals surface area contributed by atoms with Crippen LogP contribution in [-0.2, 0) is 4.79 Å². The van der Waals surface area contributed by atoms with Crippen LogP contribution < -0.4 is 10.6 Å². The predicted molar refractivity (Wildman–Crippen MR) is 68.7 cm³/mol. The molecule has 0 aliphatic carbocycles. The van der Waals surface area contributed by atoms with Crippen LogP contribution in [0.15, 0.2) is 18.2 Å². The van der Waals surface area contributed by atoms with Gasteiger partial charge in [-0.05, 0) is 24.3 Å². The van der Waals surface area contributed by atoms with Crippen molar-refractivity contribution >= 4 is 23.4 Å². The molecule has 1 aromatic carbocycles.